The van der Waals surface area contributed by atoms with Gasteiger partial charge in [0, 0.05) is 37.3 Å². The Morgan fingerprint density at radius 2 is 1.62 bits per heavy atom. The van der Waals surface area contributed by atoms with Crippen LogP contribution in [0.3, 0.4) is 0 Å². The molecule has 1 aromatic heterocycles. The summed E-state index contributed by atoms with van der Waals surface area (Å²) in [5.41, 5.74) is 1.57. The highest BCUT2D eigenvalue weighted by atomic mass is 35.5. The van der Waals surface area contributed by atoms with Crippen LogP contribution in [-0.2, 0) is 9.84 Å². The average Bonchev–Trinajstić information content (AvgIpc) is 3.19. The molecule has 5 rings (SSSR count). The van der Waals surface area contributed by atoms with Gasteiger partial charge in [0.2, 0.25) is 9.84 Å². The lowest BCUT2D eigenvalue weighted by molar-refractivity contribution is 0.589. The molecule has 1 aliphatic rings. The summed E-state index contributed by atoms with van der Waals surface area (Å²) < 4.78 is 27.3. The molecule has 6 nitrogen and oxygen atoms in total. The van der Waals surface area contributed by atoms with Crippen LogP contribution >= 0.6 is 12.4 Å². The molecule has 4 aromatic rings. The molecule has 2 heterocycles. The van der Waals surface area contributed by atoms with Crippen molar-refractivity contribution in [1.29, 1.82) is 0 Å². The van der Waals surface area contributed by atoms with E-state index in [1.807, 2.05) is 48.5 Å². The number of halogens is 1. The third-order valence-corrected chi connectivity index (χ3v) is 7.06. The minimum atomic E-state index is -3.77. The molecule has 0 saturated carbocycles. The van der Waals surface area contributed by atoms with Crippen LogP contribution in [0.2, 0.25) is 0 Å². The first-order valence-corrected chi connectivity index (χ1v) is 10.8. The van der Waals surface area contributed by atoms with E-state index in [-0.39, 0.29) is 17.4 Å². The van der Waals surface area contributed by atoms with Crippen molar-refractivity contribution >= 4 is 49.6 Å². The summed E-state index contributed by atoms with van der Waals surface area (Å²) in [6.45, 7) is 3.41. The molecule has 0 radical (unpaired) electrons. The molecule has 0 unspecified atom stereocenters. The van der Waals surface area contributed by atoms with Crippen molar-refractivity contribution in [3.63, 3.8) is 0 Å². The third kappa shape index (κ3) is 3.25. The van der Waals surface area contributed by atoms with Gasteiger partial charge in [0.1, 0.15) is 0 Å². The van der Waals surface area contributed by atoms with Crippen LogP contribution < -0.4 is 10.2 Å². The first-order valence-electron chi connectivity index (χ1n) is 9.32. The molecule has 29 heavy (non-hydrogen) atoms. The van der Waals surface area contributed by atoms with Gasteiger partial charge in [0.25, 0.3) is 0 Å². The molecule has 1 aliphatic heterocycles. The molecule has 0 aliphatic carbocycles. The monoisotopic (exact) mass is 428 g/mol. The van der Waals surface area contributed by atoms with Crippen molar-refractivity contribution in [2.45, 2.75) is 9.92 Å². The topological polar surface area (TPSA) is 78.1 Å². The number of H-pyrrole nitrogens is 1. The molecule has 0 amide bonds. The molecule has 0 atom stereocenters. The standard InChI is InChI=1S/C21H20N4O2S.ClH/c26-28(27,19-10-3-6-15-5-1-2-7-16(15)19)21-20-17(23-24-21)8-4-9-18(20)25-13-11-22-12-14-25;/h1-10,22H,11-14H2,(H,23,24);1H. The number of piperazine rings is 1. The van der Waals surface area contributed by atoms with Crippen molar-refractivity contribution in [3.8, 4) is 0 Å². The van der Waals surface area contributed by atoms with Gasteiger partial charge in [0.15, 0.2) is 5.03 Å². The number of hydrogen-bond donors (Lipinski definition) is 2. The van der Waals surface area contributed by atoms with Gasteiger partial charge in [-0.25, -0.2) is 8.42 Å². The van der Waals surface area contributed by atoms with Crippen molar-refractivity contribution in [3.05, 3.63) is 60.7 Å². The second-order valence-electron chi connectivity index (χ2n) is 6.94. The van der Waals surface area contributed by atoms with Crippen LogP contribution in [0, 0.1) is 0 Å². The number of nitrogens with one attached hydrogen (secondary N) is 2. The maximum absolute atomic E-state index is 13.7. The first-order chi connectivity index (χ1) is 13.7. The number of nitrogens with zero attached hydrogens (tertiary/aromatic N) is 2. The van der Waals surface area contributed by atoms with Gasteiger partial charge in [-0.2, -0.15) is 5.10 Å². The van der Waals surface area contributed by atoms with E-state index in [9.17, 15) is 8.42 Å². The van der Waals surface area contributed by atoms with Gasteiger partial charge in [-0.1, -0.05) is 42.5 Å². The maximum atomic E-state index is 13.7. The maximum Gasteiger partial charge on any atom is 0.224 e. The molecule has 3 aromatic carbocycles. The van der Waals surface area contributed by atoms with Crippen LogP contribution in [0.15, 0.2) is 70.6 Å². The SMILES string of the molecule is Cl.O=S(=O)(c1cccc2ccccc12)c1[nH]nc2cccc(N3CCNCC3)c12. The lowest BCUT2D eigenvalue weighted by Gasteiger charge is -2.30. The lowest BCUT2D eigenvalue weighted by atomic mass is 10.1. The van der Waals surface area contributed by atoms with E-state index in [4.69, 9.17) is 0 Å². The molecular weight excluding hydrogens is 408 g/mol. The zero-order chi connectivity index (χ0) is 19.1. The molecular formula is C21H21ClN4O2S. The van der Waals surface area contributed by atoms with Gasteiger partial charge in [-0.05, 0) is 23.6 Å². The number of hydrogen-bond acceptors (Lipinski definition) is 5. The highest BCUT2D eigenvalue weighted by Gasteiger charge is 2.27. The van der Waals surface area contributed by atoms with Gasteiger partial charge < -0.3 is 10.2 Å². The van der Waals surface area contributed by atoms with Gasteiger partial charge in [0.05, 0.1) is 15.8 Å². The number of aromatic amines is 1. The summed E-state index contributed by atoms with van der Waals surface area (Å²) in [5.74, 6) is 0. The minimum absolute atomic E-state index is 0. The second-order valence-corrected chi connectivity index (χ2v) is 8.80. The van der Waals surface area contributed by atoms with Gasteiger partial charge in [-0.3, -0.25) is 5.10 Å². The van der Waals surface area contributed by atoms with E-state index >= 15 is 0 Å². The highest BCUT2D eigenvalue weighted by molar-refractivity contribution is 7.91. The van der Waals surface area contributed by atoms with Crippen molar-refractivity contribution in [1.82, 2.24) is 15.5 Å². The van der Waals surface area contributed by atoms with E-state index in [1.165, 1.54) is 0 Å². The predicted molar refractivity (Wildman–Crippen MR) is 118 cm³/mol. The second kappa shape index (κ2) is 7.67. The Morgan fingerprint density at radius 3 is 2.45 bits per heavy atom. The van der Waals surface area contributed by atoms with Crippen LogP contribution in [0.5, 0.6) is 0 Å². The van der Waals surface area contributed by atoms with E-state index in [0.717, 1.165) is 37.3 Å². The fraction of sp³-hybridized carbons (Fsp3) is 0.190. The predicted octanol–water partition coefficient (Wildman–Crippen LogP) is 3.38. The Balaban J connectivity index is 0.00000205. The summed E-state index contributed by atoms with van der Waals surface area (Å²) in [4.78, 5) is 2.52. The molecule has 8 heteroatoms. The number of anilines is 1. The normalized spacial score (nSPS) is 14.8. The number of rotatable bonds is 3. The van der Waals surface area contributed by atoms with Gasteiger partial charge in [-0.15, -0.1) is 12.4 Å². The zero-order valence-electron chi connectivity index (χ0n) is 15.6. The Hall–Kier alpha value is -2.61. The molecule has 0 spiro atoms. The lowest BCUT2D eigenvalue weighted by Crippen LogP contribution is -2.43. The van der Waals surface area contributed by atoms with Crippen LogP contribution in [0.1, 0.15) is 0 Å². The van der Waals surface area contributed by atoms with Crippen LogP contribution in [0.25, 0.3) is 21.7 Å². The average molecular weight is 429 g/mol. The molecule has 2 N–H and O–H groups in total. The van der Waals surface area contributed by atoms with Crippen LogP contribution in [-0.4, -0.2) is 44.8 Å². The van der Waals surface area contributed by atoms with Gasteiger partial charge >= 0.3 is 0 Å². The summed E-state index contributed by atoms with van der Waals surface area (Å²) in [7, 11) is -3.77. The summed E-state index contributed by atoms with van der Waals surface area (Å²) in [6, 6.07) is 18.7. The summed E-state index contributed by atoms with van der Waals surface area (Å²) in [6.07, 6.45) is 0. The number of sulfone groups is 1. The Bertz CT molecular complexity index is 1280. The summed E-state index contributed by atoms with van der Waals surface area (Å²) in [5, 5.41) is 12.9. The highest BCUT2D eigenvalue weighted by Crippen LogP contribution is 2.35. The molecule has 150 valence electrons. The summed E-state index contributed by atoms with van der Waals surface area (Å²) >= 11 is 0. The number of fused-ring (bicyclic) bond motifs is 2. The van der Waals surface area contributed by atoms with E-state index in [2.05, 4.69) is 20.4 Å². The Kier molecular flexibility index (Phi) is 5.21. The van der Waals surface area contributed by atoms with E-state index in [0.29, 0.717) is 21.2 Å². The Labute approximate surface area is 175 Å². The molecule has 0 bridgehead atoms. The van der Waals surface area contributed by atoms with Crippen molar-refractivity contribution < 1.29 is 8.42 Å². The fourth-order valence-corrected chi connectivity index (χ4v) is 5.52. The fourth-order valence-electron chi connectivity index (χ4n) is 3.92. The number of aromatic nitrogens is 2. The Morgan fingerprint density at radius 1 is 0.897 bits per heavy atom. The zero-order valence-corrected chi connectivity index (χ0v) is 17.3. The first kappa shape index (κ1) is 19.7. The van der Waals surface area contributed by atoms with E-state index in [1.54, 1.807) is 12.1 Å². The van der Waals surface area contributed by atoms with Crippen molar-refractivity contribution in [2.24, 2.45) is 0 Å². The smallest absolute Gasteiger partial charge is 0.224 e. The largest absolute Gasteiger partial charge is 0.368 e. The molecule has 1 fully saturated rings. The van der Waals surface area contributed by atoms with Crippen molar-refractivity contribution in [2.75, 3.05) is 31.1 Å². The van der Waals surface area contributed by atoms with E-state index < -0.39 is 9.84 Å². The molecule has 1 saturated heterocycles. The minimum Gasteiger partial charge on any atom is -0.368 e. The quantitative estimate of drug-likeness (QED) is 0.523. The third-order valence-electron chi connectivity index (χ3n) is 5.29. The number of benzene rings is 3. The van der Waals surface area contributed by atoms with Crippen LogP contribution in [0.4, 0.5) is 5.69 Å².